The molecule has 1 nitrogen and oxygen atoms in total. The van der Waals surface area contributed by atoms with Crippen LogP contribution >= 0.6 is 11.3 Å². The number of hydrogen-bond acceptors (Lipinski definition) is 2. The maximum Gasteiger partial charge on any atom is 0.0843 e. The molecule has 1 heterocycles. The van der Waals surface area contributed by atoms with Crippen molar-refractivity contribution in [3.05, 3.63) is 28.8 Å². The van der Waals surface area contributed by atoms with Gasteiger partial charge in [0.25, 0.3) is 0 Å². The summed E-state index contributed by atoms with van der Waals surface area (Å²) in [7, 11) is 0. The van der Waals surface area contributed by atoms with Crippen molar-refractivity contribution in [3.8, 4) is 0 Å². The zero-order valence-electron chi connectivity index (χ0n) is 10.6. The first kappa shape index (κ1) is 14.1. The van der Waals surface area contributed by atoms with Crippen LogP contribution in [0.3, 0.4) is 0 Å². The zero-order chi connectivity index (χ0) is 11.8. The Labute approximate surface area is 97.2 Å². The first-order valence-electron chi connectivity index (χ1n) is 5.58. The maximum atomic E-state index is 4.30. The van der Waals surface area contributed by atoms with E-state index in [4.69, 9.17) is 0 Å². The first-order valence-corrected chi connectivity index (χ1v) is 6.46. The highest BCUT2D eigenvalue weighted by Gasteiger charge is 2.01. The van der Waals surface area contributed by atoms with Gasteiger partial charge in [0, 0.05) is 0 Å². The molecule has 0 aliphatic heterocycles. The van der Waals surface area contributed by atoms with Gasteiger partial charge in [-0.2, -0.15) is 0 Å². The summed E-state index contributed by atoms with van der Waals surface area (Å²) in [5.74, 6) is 0. The van der Waals surface area contributed by atoms with Crippen molar-refractivity contribution < 1.29 is 0 Å². The average molecular weight is 223 g/mol. The van der Waals surface area contributed by atoms with Gasteiger partial charge in [0.05, 0.1) is 15.7 Å². The van der Waals surface area contributed by atoms with Crippen LogP contribution in [0.15, 0.2) is 17.6 Å². The number of hydrogen-bond donors (Lipinski definition) is 0. The van der Waals surface area contributed by atoms with E-state index in [0.29, 0.717) is 0 Å². The number of nitrogens with zero attached hydrogens (tertiary/aromatic N) is 1. The van der Waals surface area contributed by atoms with Crippen molar-refractivity contribution in [2.75, 3.05) is 0 Å². The highest BCUT2D eigenvalue weighted by molar-refractivity contribution is 7.17. The summed E-state index contributed by atoms with van der Waals surface area (Å²) in [6, 6.07) is 4.27. The second-order valence-electron chi connectivity index (χ2n) is 2.73. The molecule has 1 aromatic carbocycles. The minimum Gasteiger partial charge on any atom is -0.244 e. The molecule has 0 aliphatic rings. The lowest BCUT2D eigenvalue weighted by atomic mass is 10.1. The van der Waals surface area contributed by atoms with Crippen LogP contribution in [-0.4, -0.2) is 4.98 Å². The van der Waals surface area contributed by atoms with Crippen molar-refractivity contribution >= 4 is 21.6 Å². The number of thiazole rings is 1. The number of benzene rings is 1. The zero-order valence-corrected chi connectivity index (χ0v) is 11.4. The van der Waals surface area contributed by atoms with Crippen LogP contribution in [0.4, 0.5) is 0 Å². The second kappa shape index (κ2) is 7.41. The van der Waals surface area contributed by atoms with Crippen LogP contribution in [0.1, 0.15) is 38.8 Å². The molecule has 0 N–H and O–H groups in total. The van der Waals surface area contributed by atoms with E-state index < -0.39 is 0 Å². The SMILES string of the molecule is CC.CC.Cc1ccc(C)c2scnc12. The third-order valence-electron chi connectivity index (χ3n) is 1.88. The van der Waals surface area contributed by atoms with Gasteiger partial charge in [-0.25, -0.2) is 4.98 Å². The number of rotatable bonds is 0. The highest BCUT2D eigenvalue weighted by Crippen LogP contribution is 2.24. The fraction of sp³-hybridized carbons (Fsp3) is 0.462. The van der Waals surface area contributed by atoms with Crippen LogP contribution in [-0.2, 0) is 0 Å². The lowest BCUT2D eigenvalue weighted by Crippen LogP contribution is -1.77. The van der Waals surface area contributed by atoms with E-state index in [9.17, 15) is 0 Å². The lowest BCUT2D eigenvalue weighted by molar-refractivity contribution is 1.40. The Kier molecular flexibility index (Phi) is 6.97. The molecule has 0 saturated carbocycles. The van der Waals surface area contributed by atoms with Gasteiger partial charge in [0.1, 0.15) is 0 Å². The smallest absolute Gasteiger partial charge is 0.0843 e. The van der Waals surface area contributed by atoms with Crippen molar-refractivity contribution in [1.82, 2.24) is 4.98 Å². The van der Waals surface area contributed by atoms with Crippen LogP contribution in [0.25, 0.3) is 10.2 Å². The van der Waals surface area contributed by atoms with Crippen LogP contribution in [0, 0.1) is 13.8 Å². The molecule has 0 aliphatic carbocycles. The van der Waals surface area contributed by atoms with Gasteiger partial charge in [-0.05, 0) is 25.0 Å². The molecule has 2 rings (SSSR count). The van der Waals surface area contributed by atoms with Crippen molar-refractivity contribution in [2.45, 2.75) is 41.5 Å². The number of aromatic nitrogens is 1. The molecule has 0 unspecified atom stereocenters. The number of aryl methyl sites for hydroxylation is 2. The second-order valence-corrected chi connectivity index (χ2v) is 3.58. The Morgan fingerprint density at radius 2 is 1.47 bits per heavy atom. The minimum atomic E-state index is 1.16. The van der Waals surface area contributed by atoms with Crippen molar-refractivity contribution in [2.24, 2.45) is 0 Å². The molecule has 15 heavy (non-hydrogen) atoms. The van der Waals surface area contributed by atoms with E-state index in [1.54, 1.807) is 11.3 Å². The van der Waals surface area contributed by atoms with E-state index in [1.165, 1.54) is 15.8 Å². The fourth-order valence-corrected chi connectivity index (χ4v) is 2.05. The average Bonchev–Trinajstić information content (AvgIpc) is 2.79. The molecule has 0 atom stereocenters. The summed E-state index contributed by atoms with van der Waals surface area (Å²) >= 11 is 1.72. The largest absolute Gasteiger partial charge is 0.244 e. The van der Waals surface area contributed by atoms with Gasteiger partial charge in [-0.15, -0.1) is 11.3 Å². The summed E-state index contributed by atoms with van der Waals surface area (Å²) in [5, 5.41) is 0. The minimum absolute atomic E-state index is 1.16. The third-order valence-corrected chi connectivity index (χ3v) is 2.84. The van der Waals surface area contributed by atoms with E-state index in [-0.39, 0.29) is 0 Å². The van der Waals surface area contributed by atoms with E-state index in [2.05, 4.69) is 31.0 Å². The molecule has 84 valence electrons. The number of fused-ring (bicyclic) bond motifs is 1. The predicted molar refractivity (Wildman–Crippen MR) is 71.8 cm³/mol. The molecule has 0 saturated heterocycles. The van der Waals surface area contributed by atoms with Gasteiger partial charge in [-0.1, -0.05) is 39.8 Å². The summed E-state index contributed by atoms with van der Waals surface area (Å²) in [4.78, 5) is 4.30. The standard InChI is InChI=1S/C9H9NS.2C2H6/c1-6-3-4-7(2)9-8(6)10-5-11-9;2*1-2/h3-5H,1-2H3;2*1-2H3. The monoisotopic (exact) mass is 223 g/mol. The Bertz CT molecular complexity index is 354. The Morgan fingerprint density at radius 1 is 0.933 bits per heavy atom. The Balaban J connectivity index is 0.000000442. The molecule has 1 aromatic heterocycles. The first-order chi connectivity index (χ1) is 7.29. The summed E-state index contributed by atoms with van der Waals surface area (Å²) in [6.45, 7) is 12.2. The van der Waals surface area contributed by atoms with Gasteiger partial charge >= 0.3 is 0 Å². The van der Waals surface area contributed by atoms with Gasteiger partial charge in [-0.3, -0.25) is 0 Å². The molecule has 0 radical (unpaired) electrons. The van der Waals surface area contributed by atoms with Crippen LogP contribution in [0.5, 0.6) is 0 Å². The van der Waals surface area contributed by atoms with Crippen molar-refractivity contribution in [3.63, 3.8) is 0 Å². The molecule has 0 spiro atoms. The molecule has 2 aromatic rings. The van der Waals surface area contributed by atoms with Gasteiger partial charge in [0.15, 0.2) is 0 Å². The topological polar surface area (TPSA) is 12.9 Å². The maximum absolute atomic E-state index is 4.30. The molecule has 0 fully saturated rings. The quantitative estimate of drug-likeness (QED) is 0.614. The summed E-state index contributed by atoms with van der Waals surface area (Å²) in [6.07, 6.45) is 0. The van der Waals surface area contributed by atoms with Crippen LogP contribution in [0.2, 0.25) is 0 Å². The summed E-state index contributed by atoms with van der Waals surface area (Å²) in [5.41, 5.74) is 5.67. The predicted octanol–water partition coefficient (Wildman–Crippen LogP) is 4.97. The van der Waals surface area contributed by atoms with Gasteiger partial charge < -0.3 is 0 Å². The summed E-state index contributed by atoms with van der Waals surface area (Å²) < 4.78 is 1.32. The van der Waals surface area contributed by atoms with Gasteiger partial charge in [0.2, 0.25) is 0 Å². The Morgan fingerprint density at radius 3 is 2.00 bits per heavy atom. The van der Waals surface area contributed by atoms with E-state index >= 15 is 0 Å². The molecule has 0 bridgehead atoms. The van der Waals surface area contributed by atoms with E-state index in [1.807, 2.05) is 33.2 Å². The molecular weight excluding hydrogens is 202 g/mol. The molecule has 2 heteroatoms. The fourth-order valence-electron chi connectivity index (χ4n) is 1.21. The van der Waals surface area contributed by atoms with Crippen molar-refractivity contribution in [1.29, 1.82) is 0 Å². The molecule has 0 amide bonds. The highest BCUT2D eigenvalue weighted by atomic mass is 32.1. The normalized spacial score (nSPS) is 8.67. The molecular formula is C13H21NS. The Hall–Kier alpha value is -0.890. The van der Waals surface area contributed by atoms with E-state index in [0.717, 1.165) is 5.52 Å². The third kappa shape index (κ3) is 3.31. The van der Waals surface area contributed by atoms with Crippen LogP contribution < -0.4 is 0 Å². The lowest BCUT2D eigenvalue weighted by Gasteiger charge is -1.96.